The molecule has 3 N–H and O–H groups in total. The van der Waals surface area contributed by atoms with Crippen molar-refractivity contribution < 1.29 is 14.6 Å². The fourth-order valence-corrected chi connectivity index (χ4v) is 3.59. The number of nitrogens with two attached hydrogens (primary N) is 1. The van der Waals surface area contributed by atoms with E-state index in [2.05, 4.69) is 10.1 Å². The van der Waals surface area contributed by atoms with Crippen molar-refractivity contribution in [3.63, 3.8) is 0 Å². The van der Waals surface area contributed by atoms with Gasteiger partial charge >= 0.3 is 0 Å². The van der Waals surface area contributed by atoms with Crippen molar-refractivity contribution >= 4 is 23.5 Å². The van der Waals surface area contributed by atoms with Crippen molar-refractivity contribution in [1.82, 2.24) is 4.68 Å². The first-order chi connectivity index (χ1) is 14.0. The second-order valence-electron chi connectivity index (χ2n) is 6.03. The average Bonchev–Trinajstić information content (AvgIpc) is 3.11. The molecule has 0 aliphatic rings. The van der Waals surface area contributed by atoms with Crippen LogP contribution < -0.4 is 15.3 Å². The molecule has 0 aliphatic carbocycles. The lowest BCUT2D eigenvalue weighted by Gasteiger charge is -2.07. The van der Waals surface area contributed by atoms with Crippen LogP contribution in [0.15, 0.2) is 57.9 Å². The van der Waals surface area contributed by atoms with Gasteiger partial charge in [-0.1, -0.05) is 0 Å². The molecule has 3 aromatic rings. The first kappa shape index (κ1) is 20.3. The molecule has 0 spiro atoms. The highest BCUT2D eigenvalue weighted by atomic mass is 32.1. The van der Waals surface area contributed by atoms with E-state index >= 15 is 0 Å². The topological polar surface area (TPSA) is 102 Å². The van der Waals surface area contributed by atoms with Crippen molar-refractivity contribution in [2.75, 3.05) is 13.2 Å². The van der Waals surface area contributed by atoms with Gasteiger partial charge < -0.3 is 15.6 Å². The standard InChI is InChI=1S/C21H22N4O3S/c1-3-23-21-25(24-12-14-5-8-16(9-6-14)28-4-2)18(13-29-21)15-7-10-19(26)17(11-15)20(22)27/h5-13,26H,3-4H2,1-2H3,(H2,22,27)/b23-21?,24-12-. The number of rotatable bonds is 7. The Bertz CT molecular complexity index is 1100. The average molecular weight is 410 g/mol. The Labute approximate surface area is 172 Å². The third-order valence-electron chi connectivity index (χ3n) is 4.05. The molecule has 0 atom stereocenters. The van der Waals surface area contributed by atoms with Crippen LogP contribution in [0.5, 0.6) is 11.5 Å². The van der Waals surface area contributed by atoms with Gasteiger partial charge in [0.25, 0.3) is 5.91 Å². The van der Waals surface area contributed by atoms with E-state index in [0.29, 0.717) is 18.7 Å². The molecule has 1 heterocycles. The van der Waals surface area contributed by atoms with Crippen LogP contribution in [0.4, 0.5) is 0 Å². The highest BCUT2D eigenvalue weighted by Crippen LogP contribution is 2.26. The summed E-state index contributed by atoms with van der Waals surface area (Å²) in [6.07, 6.45) is 1.73. The highest BCUT2D eigenvalue weighted by Gasteiger charge is 2.13. The van der Waals surface area contributed by atoms with E-state index in [4.69, 9.17) is 10.5 Å². The Morgan fingerprint density at radius 1 is 1.24 bits per heavy atom. The van der Waals surface area contributed by atoms with Crippen LogP contribution >= 0.6 is 11.3 Å². The number of hydrogen-bond acceptors (Lipinski definition) is 6. The maximum absolute atomic E-state index is 11.6. The lowest BCUT2D eigenvalue weighted by atomic mass is 10.1. The lowest BCUT2D eigenvalue weighted by Crippen LogP contribution is -2.13. The lowest BCUT2D eigenvalue weighted by molar-refractivity contribution is 0.0998. The maximum Gasteiger partial charge on any atom is 0.252 e. The molecule has 8 heteroatoms. The zero-order valence-corrected chi connectivity index (χ0v) is 17.0. The fraction of sp³-hybridized carbons (Fsp3) is 0.190. The van der Waals surface area contributed by atoms with Crippen LogP contribution in [0.2, 0.25) is 0 Å². The molecule has 3 rings (SSSR count). The normalized spacial score (nSPS) is 11.9. The number of carbonyl (C=O) groups excluding carboxylic acids is 1. The van der Waals surface area contributed by atoms with Crippen LogP contribution in [0, 0.1) is 0 Å². The number of nitrogens with zero attached hydrogens (tertiary/aromatic N) is 3. The second kappa shape index (κ2) is 9.20. The van der Waals surface area contributed by atoms with Gasteiger partial charge in [-0.3, -0.25) is 9.79 Å². The summed E-state index contributed by atoms with van der Waals surface area (Å²) in [5.74, 6) is -0.0415. The zero-order chi connectivity index (χ0) is 20.8. The largest absolute Gasteiger partial charge is 0.507 e. The van der Waals surface area contributed by atoms with Gasteiger partial charge in [0.1, 0.15) is 11.5 Å². The summed E-state index contributed by atoms with van der Waals surface area (Å²) >= 11 is 1.44. The minimum atomic E-state index is -0.692. The van der Waals surface area contributed by atoms with Crippen LogP contribution in [0.25, 0.3) is 11.3 Å². The number of phenols is 1. The molecule has 0 bridgehead atoms. The van der Waals surface area contributed by atoms with E-state index in [1.54, 1.807) is 23.0 Å². The monoisotopic (exact) mass is 410 g/mol. The number of aromatic hydroxyl groups is 1. The van der Waals surface area contributed by atoms with E-state index < -0.39 is 5.91 Å². The number of thiazole rings is 1. The van der Waals surface area contributed by atoms with E-state index in [-0.39, 0.29) is 11.3 Å². The second-order valence-corrected chi connectivity index (χ2v) is 6.87. The first-order valence-electron chi connectivity index (χ1n) is 9.15. The predicted molar refractivity (Wildman–Crippen MR) is 115 cm³/mol. The number of ether oxygens (including phenoxy) is 1. The molecule has 29 heavy (non-hydrogen) atoms. The van der Waals surface area contributed by atoms with E-state index in [9.17, 15) is 9.90 Å². The van der Waals surface area contributed by atoms with Crippen LogP contribution in [0.1, 0.15) is 29.8 Å². The molecule has 0 saturated carbocycles. The molecular formula is C21H22N4O3S. The number of aromatic nitrogens is 1. The fourth-order valence-electron chi connectivity index (χ4n) is 2.69. The van der Waals surface area contributed by atoms with Gasteiger partial charge in [-0.05, 0) is 61.9 Å². The molecule has 0 saturated heterocycles. The van der Waals surface area contributed by atoms with Crippen molar-refractivity contribution in [3.8, 4) is 22.8 Å². The third-order valence-corrected chi connectivity index (χ3v) is 4.90. The van der Waals surface area contributed by atoms with Gasteiger partial charge in [0.2, 0.25) is 4.80 Å². The molecule has 1 amide bonds. The Balaban J connectivity index is 2.02. The van der Waals surface area contributed by atoms with Gasteiger partial charge in [-0.2, -0.15) is 5.10 Å². The molecule has 0 fully saturated rings. The molecule has 0 unspecified atom stereocenters. The molecule has 0 radical (unpaired) electrons. The van der Waals surface area contributed by atoms with E-state index in [1.807, 2.05) is 43.5 Å². The van der Waals surface area contributed by atoms with Crippen molar-refractivity contribution in [1.29, 1.82) is 0 Å². The summed E-state index contributed by atoms with van der Waals surface area (Å²) in [5.41, 5.74) is 7.77. The van der Waals surface area contributed by atoms with Crippen LogP contribution in [-0.4, -0.2) is 35.1 Å². The summed E-state index contributed by atoms with van der Waals surface area (Å²) in [7, 11) is 0. The summed E-state index contributed by atoms with van der Waals surface area (Å²) in [5, 5.41) is 16.4. The Hall–Kier alpha value is -3.39. The summed E-state index contributed by atoms with van der Waals surface area (Å²) in [6, 6.07) is 12.3. The number of primary amides is 1. The number of carbonyl (C=O) groups is 1. The molecule has 150 valence electrons. The number of amides is 1. The number of benzene rings is 2. The Kier molecular flexibility index (Phi) is 6.46. The van der Waals surface area contributed by atoms with E-state index in [1.165, 1.54) is 17.4 Å². The minimum absolute atomic E-state index is 0.0599. The minimum Gasteiger partial charge on any atom is -0.507 e. The van der Waals surface area contributed by atoms with Crippen LogP contribution in [0.3, 0.4) is 0 Å². The highest BCUT2D eigenvalue weighted by molar-refractivity contribution is 7.07. The third kappa shape index (κ3) is 4.72. The number of hydrogen-bond donors (Lipinski definition) is 2. The van der Waals surface area contributed by atoms with Gasteiger partial charge in [0.05, 0.1) is 24.1 Å². The first-order valence-corrected chi connectivity index (χ1v) is 10.0. The van der Waals surface area contributed by atoms with Gasteiger partial charge in [0.15, 0.2) is 0 Å². The van der Waals surface area contributed by atoms with Crippen molar-refractivity contribution in [3.05, 3.63) is 63.8 Å². The van der Waals surface area contributed by atoms with Crippen molar-refractivity contribution in [2.45, 2.75) is 13.8 Å². The molecule has 7 nitrogen and oxygen atoms in total. The summed E-state index contributed by atoms with van der Waals surface area (Å²) in [4.78, 5) is 16.8. The van der Waals surface area contributed by atoms with Gasteiger partial charge in [-0.25, -0.2) is 4.68 Å². The Morgan fingerprint density at radius 2 is 2.00 bits per heavy atom. The molecule has 2 aromatic carbocycles. The van der Waals surface area contributed by atoms with E-state index in [0.717, 1.165) is 21.8 Å². The maximum atomic E-state index is 11.6. The summed E-state index contributed by atoms with van der Waals surface area (Å²) in [6.45, 7) is 5.12. The zero-order valence-electron chi connectivity index (χ0n) is 16.2. The molecule has 1 aromatic heterocycles. The van der Waals surface area contributed by atoms with Crippen LogP contribution in [-0.2, 0) is 0 Å². The summed E-state index contributed by atoms with van der Waals surface area (Å²) < 4.78 is 7.17. The molecular weight excluding hydrogens is 388 g/mol. The van der Waals surface area contributed by atoms with Gasteiger partial charge in [0, 0.05) is 17.5 Å². The Morgan fingerprint density at radius 3 is 2.66 bits per heavy atom. The smallest absolute Gasteiger partial charge is 0.252 e. The van der Waals surface area contributed by atoms with Gasteiger partial charge in [-0.15, -0.1) is 11.3 Å². The van der Waals surface area contributed by atoms with Crippen molar-refractivity contribution in [2.24, 2.45) is 15.8 Å². The quantitative estimate of drug-likeness (QED) is 0.585. The SMILES string of the molecule is CCN=c1scc(-c2ccc(O)c(C(N)=O)c2)n1/N=C\c1ccc(OCC)cc1. The molecule has 0 aliphatic heterocycles. The predicted octanol–water partition coefficient (Wildman–Crippen LogP) is 3.22.